The van der Waals surface area contributed by atoms with Gasteiger partial charge in [0, 0.05) is 25.0 Å². The summed E-state index contributed by atoms with van der Waals surface area (Å²) in [6, 6.07) is 0. The lowest BCUT2D eigenvalue weighted by Gasteiger charge is -1.98. The van der Waals surface area contributed by atoms with Crippen molar-refractivity contribution in [3.8, 4) is 0 Å². The number of ether oxygens (including phenoxy) is 2. The summed E-state index contributed by atoms with van der Waals surface area (Å²) >= 11 is 0. The molecule has 0 unspecified atom stereocenters. The zero-order chi connectivity index (χ0) is 13.8. The molecule has 0 aliphatic carbocycles. The minimum atomic E-state index is -1.34. The first-order chi connectivity index (χ1) is 8.60. The molecule has 0 aliphatic heterocycles. The van der Waals surface area contributed by atoms with E-state index in [0.717, 1.165) is 12.2 Å². The smallest absolute Gasteiger partial charge is 0.338 e. The largest absolute Gasteiger partial charge is 0.462 e. The maximum atomic E-state index is 11.5. The van der Waals surface area contributed by atoms with Crippen molar-refractivity contribution in [3.05, 3.63) is 25.3 Å². The van der Waals surface area contributed by atoms with Gasteiger partial charge in [-0.2, -0.15) is 0 Å². The van der Waals surface area contributed by atoms with Crippen molar-refractivity contribution in [2.24, 2.45) is 0 Å². The predicted octanol–water partition coefficient (Wildman–Crippen LogP) is 2.05. The van der Waals surface area contributed by atoms with Gasteiger partial charge in [0.2, 0.25) is 0 Å². The van der Waals surface area contributed by atoms with Gasteiger partial charge in [0.15, 0.2) is 0 Å². The Balaban J connectivity index is 3.43. The molecular weight excluding hydrogens is 255 g/mol. The van der Waals surface area contributed by atoms with E-state index in [0.29, 0.717) is 25.2 Å². The summed E-state index contributed by atoms with van der Waals surface area (Å²) in [6.07, 6.45) is 4.29. The van der Waals surface area contributed by atoms with Crippen LogP contribution in [0.1, 0.15) is 12.8 Å². The fourth-order valence-corrected chi connectivity index (χ4v) is 2.24. The van der Waals surface area contributed by atoms with E-state index in [9.17, 15) is 14.2 Å². The first-order valence-corrected chi connectivity index (χ1v) is 7.23. The summed E-state index contributed by atoms with van der Waals surface area (Å²) in [6.45, 7) is 7.02. The second-order valence-corrected chi connectivity index (χ2v) is 5.24. The van der Waals surface area contributed by atoms with Gasteiger partial charge in [-0.15, -0.1) is 0 Å². The van der Waals surface area contributed by atoms with Crippen LogP contribution in [0.2, 0.25) is 0 Å². The highest BCUT2D eigenvalue weighted by Gasteiger charge is 2.14. The highest BCUT2D eigenvalue weighted by Crippen LogP contribution is 2.22. The third kappa shape index (κ3) is 9.73. The molecule has 0 atom stereocenters. The molecule has 0 heterocycles. The van der Waals surface area contributed by atoms with Crippen LogP contribution in [0.3, 0.4) is 0 Å². The number of rotatable bonds is 10. The third-order valence-electron chi connectivity index (χ3n) is 1.93. The van der Waals surface area contributed by atoms with Gasteiger partial charge < -0.3 is 9.47 Å². The molecule has 0 bridgehead atoms. The van der Waals surface area contributed by atoms with Crippen molar-refractivity contribution in [2.75, 3.05) is 25.5 Å². The van der Waals surface area contributed by atoms with Crippen molar-refractivity contribution in [1.82, 2.24) is 0 Å². The molecule has 0 aliphatic rings. The van der Waals surface area contributed by atoms with Crippen LogP contribution in [0.25, 0.3) is 0 Å². The lowest BCUT2D eigenvalue weighted by Crippen LogP contribution is -2.04. The van der Waals surface area contributed by atoms with Gasteiger partial charge in [-0.25, -0.2) is 9.59 Å². The highest BCUT2D eigenvalue weighted by molar-refractivity contribution is 7.44. The second-order valence-electron chi connectivity index (χ2n) is 3.38. The maximum Gasteiger partial charge on any atom is 0.338 e. The Morgan fingerprint density at radius 1 is 0.944 bits per heavy atom. The number of esters is 2. The molecule has 5 nitrogen and oxygen atoms in total. The zero-order valence-corrected chi connectivity index (χ0v) is 11.2. The summed E-state index contributed by atoms with van der Waals surface area (Å²) in [4.78, 5) is 21.4. The molecule has 18 heavy (non-hydrogen) atoms. The standard InChI is InChI=1S/C12H18O5P/c1-3-11(13)16-7-5-9-18(15)10-6-8-17-12(14)4-2/h3-4H,1-2,5-10H2/q+1. The van der Waals surface area contributed by atoms with Crippen molar-refractivity contribution >= 4 is 19.7 Å². The molecule has 0 saturated carbocycles. The Labute approximate surface area is 108 Å². The van der Waals surface area contributed by atoms with Crippen LogP contribution in [0, 0.1) is 0 Å². The van der Waals surface area contributed by atoms with Gasteiger partial charge in [0.05, 0.1) is 13.2 Å². The Bertz CT molecular complexity index is 294. The lowest BCUT2D eigenvalue weighted by atomic mass is 10.5. The normalized spacial score (nSPS) is 9.33. The molecule has 0 fully saturated rings. The van der Waals surface area contributed by atoms with E-state index in [4.69, 9.17) is 9.47 Å². The van der Waals surface area contributed by atoms with Gasteiger partial charge in [0.1, 0.15) is 12.3 Å². The third-order valence-corrected chi connectivity index (χ3v) is 3.56. The Kier molecular flexibility index (Phi) is 9.78. The fourth-order valence-electron chi connectivity index (χ4n) is 1.06. The molecule has 0 radical (unpaired) electrons. The molecule has 0 aromatic heterocycles. The van der Waals surface area contributed by atoms with E-state index < -0.39 is 19.7 Å². The van der Waals surface area contributed by atoms with Crippen LogP contribution >= 0.6 is 7.80 Å². The maximum absolute atomic E-state index is 11.5. The highest BCUT2D eigenvalue weighted by atomic mass is 31.1. The van der Waals surface area contributed by atoms with E-state index in [1.165, 1.54) is 0 Å². The molecule has 0 amide bonds. The Morgan fingerprint density at radius 2 is 1.33 bits per heavy atom. The second kappa shape index (κ2) is 10.7. The fraction of sp³-hybridized carbons (Fsp3) is 0.500. The molecule has 0 aromatic carbocycles. The molecule has 0 rings (SSSR count). The number of hydrogen-bond donors (Lipinski definition) is 0. The van der Waals surface area contributed by atoms with E-state index in [-0.39, 0.29) is 13.2 Å². The van der Waals surface area contributed by atoms with Crippen molar-refractivity contribution < 1.29 is 23.6 Å². The Hall–Kier alpha value is -1.48. The van der Waals surface area contributed by atoms with Gasteiger partial charge in [-0.05, 0) is 0 Å². The first kappa shape index (κ1) is 16.5. The van der Waals surface area contributed by atoms with Crippen molar-refractivity contribution in [3.63, 3.8) is 0 Å². The van der Waals surface area contributed by atoms with E-state index in [1.54, 1.807) is 0 Å². The summed E-state index contributed by atoms with van der Waals surface area (Å²) in [7, 11) is -1.34. The molecule has 0 spiro atoms. The SMILES string of the molecule is C=CC(=O)OCCC[P+](=O)CCCOC(=O)C=C. The topological polar surface area (TPSA) is 69.7 Å². The summed E-state index contributed by atoms with van der Waals surface area (Å²) in [5.74, 6) is -0.942. The quantitative estimate of drug-likeness (QED) is 0.264. The van der Waals surface area contributed by atoms with Gasteiger partial charge >= 0.3 is 19.7 Å². The lowest BCUT2D eigenvalue weighted by molar-refractivity contribution is -0.138. The van der Waals surface area contributed by atoms with Crippen LogP contribution in [0.4, 0.5) is 0 Å². The van der Waals surface area contributed by atoms with Gasteiger partial charge in [-0.3, -0.25) is 0 Å². The average molecular weight is 273 g/mol. The minimum Gasteiger partial charge on any atom is -0.462 e. The Morgan fingerprint density at radius 3 is 1.67 bits per heavy atom. The molecule has 0 saturated heterocycles. The van der Waals surface area contributed by atoms with Crippen LogP contribution < -0.4 is 0 Å². The minimum absolute atomic E-state index is 0.247. The van der Waals surface area contributed by atoms with Crippen molar-refractivity contribution in [2.45, 2.75) is 12.8 Å². The summed E-state index contributed by atoms with van der Waals surface area (Å²) in [5.41, 5.74) is 0. The van der Waals surface area contributed by atoms with Crippen LogP contribution in [0.5, 0.6) is 0 Å². The predicted molar refractivity (Wildman–Crippen MR) is 68.9 cm³/mol. The summed E-state index contributed by atoms with van der Waals surface area (Å²) in [5, 5.41) is 0. The average Bonchev–Trinajstić information content (AvgIpc) is 2.38. The van der Waals surface area contributed by atoms with Crippen LogP contribution in [-0.2, 0) is 23.6 Å². The number of carbonyl (C=O) groups is 2. The molecule has 0 N–H and O–H groups in total. The van der Waals surface area contributed by atoms with E-state index in [1.807, 2.05) is 0 Å². The van der Waals surface area contributed by atoms with Gasteiger partial charge in [0.25, 0.3) is 0 Å². The zero-order valence-electron chi connectivity index (χ0n) is 10.3. The molecule has 6 heteroatoms. The molecule has 100 valence electrons. The van der Waals surface area contributed by atoms with Gasteiger partial charge in [-0.1, -0.05) is 17.7 Å². The van der Waals surface area contributed by atoms with E-state index >= 15 is 0 Å². The van der Waals surface area contributed by atoms with Crippen molar-refractivity contribution in [1.29, 1.82) is 0 Å². The van der Waals surface area contributed by atoms with E-state index in [2.05, 4.69) is 13.2 Å². The molecule has 0 aromatic rings. The molecular formula is C12H18O5P+. The monoisotopic (exact) mass is 273 g/mol. The first-order valence-electron chi connectivity index (χ1n) is 5.60. The van der Waals surface area contributed by atoms with Crippen LogP contribution in [-0.4, -0.2) is 37.5 Å². The van der Waals surface area contributed by atoms with Crippen LogP contribution in [0.15, 0.2) is 25.3 Å². The summed E-state index contributed by atoms with van der Waals surface area (Å²) < 4.78 is 21.0. The number of hydrogen-bond acceptors (Lipinski definition) is 5. The number of carbonyl (C=O) groups excluding carboxylic acids is 2.